The number of aliphatic hydroxyl groups excluding tert-OH is 2. The Morgan fingerprint density at radius 2 is 0.944 bits per heavy atom. The van der Waals surface area contributed by atoms with E-state index in [1.807, 2.05) is 6.08 Å². The van der Waals surface area contributed by atoms with Gasteiger partial charge in [-0.2, -0.15) is 0 Å². The standard InChI is InChI=1S/C43H83O10P/c1-3-5-7-9-11-13-15-17-19-21-22-24-26-28-30-32-34-42(46)50-38-41(39-52-54(48,49)51-37-40(45)36-44)53-43(47)35-33-31-29-27-25-23-20-18-16-14-12-10-8-6-4-2/h29,31,40-41,44-45H,3-28,30,32-39H2,1-2H3,(H,48,49)/b31-29+/t40-,41+/m0/s1. The van der Waals surface area contributed by atoms with Crippen molar-refractivity contribution < 1.29 is 47.8 Å². The first-order chi connectivity index (χ1) is 26.2. The van der Waals surface area contributed by atoms with Crippen molar-refractivity contribution in [3.8, 4) is 0 Å². The number of aliphatic hydroxyl groups is 2. The van der Waals surface area contributed by atoms with Crippen molar-refractivity contribution in [1.29, 1.82) is 0 Å². The average Bonchev–Trinajstić information content (AvgIpc) is 3.16. The van der Waals surface area contributed by atoms with Crippen LogP contribution < -0.4 is 0 Å². The molecule has 0 aliphatic rings. The Morgan fingerprint density at radius 3 is 1.41 bits per heavy atom. The predicted octanol–water partition coefficient (Wildman–Crippen LogP) is 11.6. The van der Waals surface area contributed by atoms with Crippen LogP contribution in [0, 0.1) is 0 Å². The molecule has 0 aromatic rings. The van der Waals surface area contributed by atoms with Crippen LogP contribution in [0.5, 0.6) is 0 Å². The zero-order chi connectivity index (χ0) is 39.8. The van der Waals surface area contributed by atoms with Gasteiger partial charge in [0.15, 0.2) is 6.10 Å². The van der Waals surface area contributed by atoms with Gasteiger partial charge in [0.05, 0.1) is 19.8 Å². The third-order valence-electron chi connectivity index (χ3n) is 9.68. The molecule has 0 aromatic carbocycles. The van der Waals surface area contributed by atoms with Crippen LogP contribution in [0.4, 0.5) is 0 Å². The van der Waals surface area contributed by atoms with E-state index < -0.39 is 51.8 Å². The SMILES string of the molecule is CCCCCCCCCCCCC/C=C/CCC(=O)O[C@H](COC(=O)CCCCCCCCCCCCCCCCCC)COP(=O)(O)OC[C@@H](O)CO. The maximum Gasteiger partial charge on any atom is 0.472 e. The summed E-state index contributed by atoms with van der Waals surface area (Å²) in [6, 6.07) is 0. The Labute approximate surface area is 330 Å². The van der Waals surface area contributed by atoms with Crippen LogP contribution in [0.1, 0.15) is 213 Å². The lowest BCUT2D eigenvalue weighted by molar-refractivity contribution is -0.161. The van der Waals surface area contributed by atoms with Crippen molar-refractivity contribution in [2.45, 2.75) is 225 Å². The van der Waals surface area contributed by atoms with Crippen molar-refractivity contribution in [3.63, 3.8) is 0 Å². The quantitative estimate of drug-likeness (QED) is 0.0236. The maximum absolute atomic E-state index is 12.6. The van der Waals surface area contributed by atoms with Crippen LogP contribution in [0.2, 0.25) is 0 Å². The number of unbranched alkanes of at least 4 members (excludes halogenated alkanes) is 26. The summed E-state index contributed by atoms with van der Waals surface area (Å²) in [5.41, 5.74) is 0. The molecule has 11 heteroatoms. The number of hydrogen-bond acceptors (Lipinski definition) is 9. The van der Waals surface area contributed by atoms with E-state index in [0.717, 1.165) is 32.1 Å². The molecular formula is C43H83O10P. The van der Waals surface area contributed by atoms with Crippen molar-refractivity contribution in [2.75, 3.05) is 26.4 Å². The van der Waals surface area contributed by atoms with Gasteiger partial charge in [-0.3, -0.25) is 18.6 Å². The lowest BCUT2D eigenvalue weighted by atomic mass is 10.0. The number of allylic oxidation sites excluding steroid dienone is 2. The van der Waals surface area contributed by atoms with E-state index in [1.54, 1.807) is 0 Å². The smallest absolute Gasteiger partial charge is 0.462 e. The lowest BCUT2D eigenvalue weighted by Crippen LogP contribution is -2.29. The summed E-state index contributed by atoms with van der Waals surface area (Å²) in [5.74, 6) is -0.970. The minimum absolute atomic E-state index is 0.106. The molecule has 0 radical (unpaired) electrons. The Hall–Kier alpha value is -1.29. The number of esters is 2. The molecule has 320 valence electrons. The minimum atomic E-state index is -4.62. The second-order valence-corrected chi connectivity index (χ2v) is 16.5. The molecule has 0 heterocycles. The molecule has 0 saturated heterocycles. The lowest BCUT2D eigenvalue weighted by Gasteiger charge is -2.20. The van der Waals surface area contributed by atoms with E-state index >= 15 is 0 Å². The molecule has 0 aromatic heterocycles. The molecule has 1 unspecified atom stereocenters. The first-order valence-electron chi connectivity index (χ1n) is 22.1. The minimum Gasteiger partial charge on any atom is -0.462 e. The van der Waals surface area contributed by atoms with Crippen LogP contribution in [-0.2, 0) is 32.7 Å². The van der Waals surface area contributed by atoms with Gasteiger partial charge < -0.3 is 24.6 Å². The largest absolute Gasteiger partial charge is 0.472 e. The molecule has 10 nitrogen and oxygen atoms in total. The zero-order valence-electron chi connectivity index (χ0n) is 34.7. The number of ether oxygens (including phenoxy) is 2. The van der Waals surface area contributed by atoms with Gasteiger partial charge in [-0.1, -0.05) is 187 Å². The van der Waals surface area contributed by atoms with Gasteiger partial charge in [0.1, 0.15) is 12.7 Å². The summed E-state index contributed by atoms with van der Waals surface area (Å²) in [4.78, 5) is 34.9. The van der Waals surface area contributed by atoms with Gasteiger partial charge in [-0.25, -0.2) is 4.57 Å². The molecule has 0 aliphatic heterocycles. The van der Waals surface area contributed by atoms with Gasteiger partial charge in [-0.15, -0.1) is 0 Å². The van der Waals surface area contributed by atoms with Crippen molar-refractivity contribution in [2.24, 2.45) is 0 Å². The van der Waals surface area contributed by atoms with E-state index in [2.05, 4.69) is 24.4 Å². The number of phosphoric acid groups is 1. The number of carbonyl (C=O) groups is 2. The number of phosphoric ester groups is 1. The van der Waals surface area contributed by atoms with Crippen LogP contribution in [0.15, 0.2) is 12.2 Å². The van der Waals surface area contributed by atoms with Crippen molar-refractivity contribution >= 4 is 19.8 Å². The molecule has 0 bridgehead atoms. The molecule has 3 N–H and O–H groups in total. The van der Waals surface area contributed by atoms with E-state index in [9.17, 15) is 24.2 Å². The summed E-state index contributed by atoms with van der Waals surface area (Å²) >= 11 is 0. The molecule has 0 fully saturated rings. The van der Waals surface area contributed by atoms with Crippen molar-refractivity contribution in [3.05, 3.63) is 12.2 Å². The van der Waals surface area contributed by atoms with Crippen LogP contribution in [-0.4, -0.2) is 65.7 Å². The number of carbonyl (C=O) groups excluding carboxylic acids is 2. The van der Waals surface area contributed by atoms with E-state index in [-0.39, 0.29) is 19.4 Å². The first kappa shape index (κ1) is 52.7. The Kier molecular flexibility index (Phi) is 39.0. The fourth-order valence-electron chi connectivity index (χ4n) is 6.25. The highest BCUT2D eigenvalue weighted by atomic mass is 31.2. The highest BCUT2D eigenvalue weighted by Gasteiger charge is 2.27. The van der Waals surface area contributed by atoms with Gasteiger partial charge in [0, 0.05) is 12.8 Å². The third kappa shape index (κ3) is 39.0. The zero-order valence-corrected chi connectivity index (χ0v) is 35.6. The number of rotatable bonds is 42. The van der Waals surface area contributed by atoms with Crippen LogP contribution in [0.25, 0.3) is 0 Å². The van der Waals surface area contributed by atoms with E-state index in [0.29, 0.717) is 12.8 Å². The Bertz CT molecular complexity index is 915. The topological polar surface area (TPSA) is 149 Å². The molecule has 0 saturated carbocycles. The van der Waals surface area contributed by atoms with Gasteiger partial charge in [0.2, 0.25) is 0 Å². The van der Waals surface area contributed by atoms with E-state index in [4.69, 9.17) is 19.1 Å². The highest BCUT2D eigenvalue weighted by Crippen LogP contribution is 2.43. The van der Waals surface area contributed by atoms with Crippen LogP contribution >= 0.6 is 7.82 Å². The fraction of sp³-hybridized carbons (Fsp3) is 0.907. The third-order valence-corrected chi connectivity index (χ3v) is 10.6. The van der Waals surface area contributed by atoms with E-state index in [1.165, 1.54) is 141 Å². The maximum atomic E-state index is 12.6. The fourth-order valence-corrected chi connectivity index (χ4v) is 7.04. The molecular weight excluding hydrogens is 707 g/mol. The van der Waals surface area contributed by atoms with Gasteiger partial charge in [-0.05, 0) is 25.7 Å². The van der Waals surface area contributed by atoms with Gasteiger partial charge in [0.25, 0.3) is 0 Å². The molecule has 3 atom stereocenters. The molecule has 0 amide bonds. The molecule has 0 rings (SSSR count). The van der Waals surface area contributed by atoms with Crippen molar-refractivity contribution in [1.82, 2.24) is 0 Å². The molecule has 0 aliphatic carbocycles. The summed E-state index contributed by atoms with van der Waals surface area (Å²) in [5, 5.41) is 18.3. The Balaban J connectivity index is 4.29. The van der Waals surface area contributed by atoms with Gasteiger partial charge >= 0.3 is 19.8 Å². The molecule has 0 spiro atoms. The normalized spacial score (nSPS) is 13.9. The second kappa shape index (κ2) is 39.9. The summed E-state index contributed by atoms with van der Waals surface area (Å²) < 4.78 is 32.7. The summed E-state index contributed by atoms with van der Waals surface area (Å²) in [7, 11) is -4.62. The molecule has 54 heavy (non-hydrogen) atoms. The first-order valence-corrected chi connectivity index (χ1v) is 23.6. The predicted molar refractivity (Wildman–Crippen MR) is 219 cm³/mol. The highest BCUT2D eigenvalue weighted by molar-refractivity contribution is 7.47. The Morgan fingerprint density at radius 1 is 0.537 bits per heavy atom. The number of hydrogen-bond donors (Lipinski definition) is 3. The summed E-state index contributed by atoms with van der Waals surface area (Å²) in [6.07, 6.45) is 37.6. The summed E-state index contributed by atoms with van der Waals surface area (Å²) in [6.45, 7) is 2.37. The van der Waals surface area contributed by atoms with Crippen LogP contribution in [0.3, 0.4) is 0 Å². The second-order valence-electron chi connectivity index (χ2n) is 15.1. The monoisotopic (exact) mass is 791 g/mol. The average molecular weight is 791 g/mol.